The molecule has 0 saturated heterocycles. The van der Waals surface area contributed by atoms with Gasteiger partial charge in [-0.15, -0.1) is 0 Å². The average Bonchev–Trinajstić information content (AvgIpc) is 2.62. The highest BCUT2D eigenvalue weighted by atomic mass is 16.6. The van der Waals surface area contributed by atoms with E-state index in [2.05, 4.69) is 15.5 Å². The lowest BCUT2D eigenvalue weighted by Crippen LogP contribution is -2.23. The van der Waals surface area contributed by atoms with Crippen LogP contribution in [0.3, 0.4) is 0 Å². The lowest BCUT2D eigenvalue weighted by Gasteiger charge is -2.15. The Labute approximate surface area is 148 Å². The van der Waals surface area contributed by atoms with Crippen molar-refractivity contribution in [3.8, 4) is 11.5 Å². The lowest BCUT2D eigenvalue weighted by atomic mass is 10.2. The van der Waals surface area contributed by atoms with E-state index in [1.165, 1.54) is 38.6 Å². The number of nitrogens with zero attached hydrogens (tertiary/aromatic N) is 3. The Morgan fingerprint density at radius 3 is 2.85 bits per heavy atom. The van der Waals surface area contributed by atoms with Crippen molar-refractivity contribution in [3.63, 3.8) is 0 Å². The second-order valence-corrected chi connectivity index (χ2v) is 4.98. The number of carboxylic acid groups (broad SMARTS) is 1. The lowest BCUT2D eigenvalue weighted by molar-refractivity contribution is -0.384. The van der Waals surface area contributed by atoms with E-state index in [0.717, 1.165) is 0 Å². The number of hydrazone groups is 1. The average molecular weight is 360 g/mol. The molecule has 136 valence electrons. The summed E-state index contributed by atoms with van der Waals surface area (Å²) in [5, 5.41) is 23.9. The SMILES string of the molecule is COc1cccc(/C=N\Nc2ncccc2[N+](=O)[O-])c1O[C@@H](C)C(=O)O. The molecule has 0 aliphatic heterocycles. The van der Waals surface area contributed by atoms with Crippen molar-refractivity contribution >= 4 is 23.7 Å². The van der Waals surface area contributed by atoms with Gasteiger partial charge in [-0.2, -0.15) is 5.10 Å². The first-order valence-corrected chi connectivity index (χ1v) is 7.39. The standard InChI is InChI=1S/C16H16N4O6/c1-10(16(21)22)26-14-11(5-3-7-13(14)25-2)9-18-19-15-12(20(23)24)6-4-8-17-15/h3-10H,1-2H3,(H,17,19)(H,21,22)/b18-9-/t10-/m0/s1. The Morgan fingerprint density at radius 1 is 1.42 bits per heavy atom. The molecule has 1 aromatic heterocycles. The van der Waals surface area contributed by atoms with Crippen LogP contribution in [0, 0.1) is 10.1 Å². The highest BCUT2D eigenvalue weighted by Crippen LogP contribution is 2.31. The summed E-state index contributed by atoms with van der Waals surface area (Å²) in [6.45, 7) is 1.38. The zero-order valence-electron chi connectivity index (χ0n) is 13.9. The van der Waals surface area contributed by atoms with Crippen molar-refractivity contribution < 1.29 is 24.3 Å². The van der Waals surface area contributed by atoms with Crippen LogP contribution >= 0.6 is 0 Å². The van der Waals surface area contributed by atoms with Gasteiger partial charge < -0.3 is 14.6 Å². The smallest absolute Gasteiger partial charge is 0.344 e. The molecule has 2 N–H and O–H groups in total. The van der Waals surface area contributed by atoms with Gasteiger partial charge >= 0.3 is 11.7 Å². The molecule has 0 saturated carbocycles. The monoisotopic (exact) mass is 360 g/mol. The van der Waals surface area contributed by atoms with Crippen LogP contribution < -0.4 is 14.9 Å². The number of aliphatic carboxylic acids is 1. The van der Waals surface area contributed by atoms with Crippen LogP contribution in [-0.2, 0) is 4.79 Å². The van der Waals surface area contributed by atoms with Gasteiger partial charge in [0.2, 0.25) is 5.82 Å². The maximum atomic E-state index is 11.0. The quantitative estimate of drug-likeness (QED) is 0.416. The number of nitro groups is 1. The summed E-state index contributed by atoms with van der Waals surface area (Å²) in [6.07, 6.45) is 1.60. The van der Waals surface area contributed by atoms with Crippen molar-refractivity contribution in [2.24, 2.45) is 5.10 Å². The van der Waals surface area contributed by atoms with Gasteiger partial charge in [-0.05, 0) is 25.1 Å². The molecule has 0 bridgehead atoms. The third-order valence-corrected chi connectivity index (χ3v) is 3.23. The van der Waals surface area contributed by atoms with Gasteiger partial charge in [-0.3, -0.25) is 15.5 Å². The molecule has 0 amide bonds. The molecular weight excluding hydrogens is 344 g/mol. The number of para-hydroxylation sites is 1. The van der Waals surface area contributed by atoms with Gasteiger partial charge in [0.25, 0.3) is 0 Å². The van der Waals surface area contributed by atoms with Gasteiger partial charge in [0.05, 0.1) is 18.2 Å². The minimum absolute atomic E-state index is 0.0296. The highest BCUT2D eigenvalue weighted by molar-refractivity contribution is 5.86. The summed E-state index contributed by atoms with van der Waals surface area (Å²) >= 11 is 0. The first kappa shape index (κ1) is 18.6. The van der Waals surface area contributed by atoms with Crippen LogP contribution in [0.25, 0.3) is 0 Å². The summed E-state index contributed by atoms with van der Waals surface area (Å²) in [5.74, 6) is -0.657. The second kappa shape index (κ2) is 8.42. The third-order valence-electron chi connectivity index (χ3n) is 3.23. The van der Waals surface area contributed by atoms with Gasteiger partial charge in [-0.1, -0.05) is 6.07 Å². The largest absolute Gasteiger partial charge is 0.493 e. The van der Waals surface area contributed by atoms with E-state index in [1.807, 2.05) is 0 Å². The van der Waals surface area contributed by atoms with Crippen LogP contribution in [0.1, 0.15) is 12.5 Å². The molecule has 2 rings (SSSR count). The first-order valence-electron chi connectivity index (χ1n) is 7.39. The predicted molar refractivity (Wildman–Crippen MR) is 92.8 cm³/mol. The first-order chi connectivity index (χ1) is 12.4. The van der Waals surface area contributed by atoms with E-state index in [0.29, 0.717) is 11.3 Å². The van der Waals surface area contributed by atoms with E-state index in [4.69, 9.17) is 14.6 Å². The Kier molecular flexibility index (Phi) is 6.04. The minimum atomic E-state index is -1.14. The maximum Gasteiger partial charge on any atom is 0.344 e. The summed E-state index contributed by atoms with van der Waals surface area (Å²) in [6, 6.07) is 7.64. The Bertz CT molecular complexity index is 839. The number of nitrogens with one attached hydrogen (secondary N) is 1. The fourth-order valence-corrected chi connectivity index (χ4v) is 1.94. The molecule has 0 radical (unpaired) electrons. The summed E-state index contributed by atoms with van der Waals surface area (Å²) < 4.78 is 10.6. The van der Waals surface area contributed by atoms with Crippen LogP contribution in [0.2, 0.25) is 0 Å². The van der Waals surface area contributed by atoms with E-state index in [1.54, 1.807) is 18.2 Å². The van der Waals surface area contributed by atoms with Crippen molar-refractivity contribution in [2.45, 2.75) is 13.0 Å². The molecule has 0 aliphatic carbocycles. The van der Waals surface area contributed by atoms with E-state index in [9.17, 15) is 14.9 Å². The number of hydrogen-bond donors (Lipinski definition) is 2. The van der Waals surface area contributed by atoms with Crippen molar-refractivity contribution in [1.29, 1.82) is 0 Å². The summed E-state index contributed by atoms with van der Waals surface area (Å²) in [4.78, 5) is 25.3. The molecule has 26 heavy (non-hydrogen) atoms. The number of hydrogen-bond acceptors (Lipinski definition) is 8. The van der Waals surface area contributed by atoms with Crippen LogP contribution in [0.5, 0.6) is 11.5 Å². The number of benzene rings is 1. The Hall–Kier alpha value is -3.69. The number of anilines is 1. The number of carbonyl (C=O) groups is 1. The number of rotatable bonds is 8. The number of pyridine rings is 1. The van der Waals surface area contributed by atoms with Crippen molar-refractivity contribution in [1.82, 2.24) is 4.98 Å². The highest BCUT2D eigenvalue weighted by Gasteiger charge is 2.18. The minimum Gasteiger partial charge on any atom is -0.493 e. The molecule has 0 aliphatic rings. The number of ether oxygens (including phenoxy) is 2. The Balaban J connectivity index is 2.27. The topological polar surface area (TPSA) is 136 Å². The third kappa shape index (κ3) is 4.44. The van der Waals surface area contributed by atoms with Gasteiger partial charge in [0.15, 0.2) is 17.6 Å². The molecule has 2 aromatic rings. The zero-order valence-corrected chi connectivity index (χ0v) is 13.9. The summed E-state index contributed by atoms with van der Waals surface area (Å²) in [5.41, 5.74) is 2.68. The van der Waals surface area contributed by atoms with Crippen molar-refractivity contribution in [3.05, 3.63) is 52.2 Å². The van der Waals surface area contributed by atoms with E-state index >= 15 is 0 Å². The molecular formula is C16H16N4O6. The van der Waals surface area contributed by atoms with Crippen molar-refractivity contribution in [2.75, 3.05) is 12.5 Å². The van der Waals surface area contributed by atoms with Gasteiger partial charge in [0.1, 0.15) is 0 Å². The molecule has 1 aromatic carbocycles. The fraction of sp³-hybridized carbons (Fsp3) is 0.188. The predicted octanol–water partition coefficient (Wildman–Crippen LogP) is 2.30. The Morgan fingerprint density at radius 2 is 2.19 bits per heavy atom. The van der Waals surface area contributed by atoms with Crippen LogP contribution in [-0.4, -0.2) is 40.4 Å². The fourth-order valence-electron chi connectivity index (χ4n) is 1.94. The zero-order chi connectivity index (χ0) is 19.1. The molecule has 10 nitrogen and oxygen atoms in total. The number of carboxylic acids is 1. The molecule has 1 heterocycles. The molecule has 1 atom stereocenters. The molecule has 0 unspecified atom stereocenters. The number of methoxy groups -OCH3 is 1. The number of aromatic nitrogens is 1. The summed E-state index contributed by atoms with van der Waals surface area (Å²) in [7, 11) is 1.42. The van der Waals surface area contributed by atoms with Crippen LogP contribution in [0.15, 0.2) is 41.6 Å². The van der Waals surface area contributed by atoms with E-state index in [-0.39, 0.29) is 17.3 Å². The second-order valence-electron chi connectivity index (χ2n) is 4.98. The molecule has 0 spiro atoms. The normalized spacial score (nSPS) is 11.8. The van der Waals surface area contributed by atoms with Crippen LogP contribution in [0.4, 0.5) is 11.5 Å². The van der Waals surface area contributed by atoms with Gasteiger partial charge in [-0.25, -0.2) is 9.78 Å². The molecule has 10 heteroatoms. The van der Waals surface area contributed by atoms with Gasteiger partial charge in [0, 0.05) is 17.8 Å². The maximum absolute atomic E-state index is 11.0. The molecule has 0 fully saturated rings. The van der Waals surface area contributed by atoms with E-state index < -0.39 is 17.0 Å².